The molecule has 1 aliphatic rings. The molecule has 0 aromatic rings. The third-order valence-electron chi connectivity index (χ3n) is 4.52. The second-order valence-electron chi connectivity index (χ2n) is 6.49. The zero-order chi connectivity index (χ0) is 17.0. The maximum atomic E-state index is 10.7. The minimum absolute atomic E-state index is 0.238. The van der Waals surface area contributed by atoms with Gasteiger partial charge in [0.05, 0.1) is 49.6 Å². The predicted octanol–water partition coefficient (Wildman–Crippen LogP) is 1.76. The molecular formula is C16H33NO5S. The second-order valence-corrected chi connectivity index (χ2v) is 8.01. The summed E-state index contributed by atoms with van der Waals surface area (Å²) in [6, 6.07) is 0. The van der Waals surface area contributed by atoms with Crippen LogP contribution in [-0.4, -0.2) is 75.8 Å². The molecule has 138 valence electrons. The Hall–Kier alpha value is -0.210. The van der Waals surface area contributed by atoms with Crippen LogP contribution in [0.3, 0.4) is 0 Å². The summed E-state index contributed by atoms with van der Waals surface area (Å²) in [5.74, 6) is -0.238. The number of hydrogen-bond donors (Lipinski definition) is 0. The van der Waals surface area contributed by atoms with Crippen molar-refractivity contribution in [1.82, 2.24) is 0 Å². The lowest BCUT2D eigenvalue weighted by atomic mass is 10.2. The third kappa shape index (κ3) is 10.3. The van der Waals surface area contributed by atoms with Crippen molar-refractivity contribution in [3.8, 4) is 0 Å². The fourth-order valence-corrected chi connectivity index (χ4v) is 3.68. The molecule has 0 radical (unpaired) electrons. The molecule has 1 heterocycles. The molecule has 1 rings (SSSR count). The molecule has 0 amide bonds. The summed E-state index contributed by atoms with van der Waals surface area (Å²) in [6.45, 7) is 9.16. The van der Waals surface area contributed by atoms with Crippen LogP contribution in [-0.2, 0) is 19.6 Å². The van der Waals surface area contributed by atoms with Crippen molar-refractivity contribution < 1.29 is 26.9 Å². The van der Waals surface area contributed by atoms with Crippen LogP contribution in [0.2, 0.25) is 0 Å². The topological polar surface area (TPSA) is 75.7 Å². The minimum Gasteiger partial charge on any atom is -0.748 e. The first-order chi connectivity index (χ1) is 11.0. The van der Waals surface area contributed by atoms with Crippen molar-refractivity contribution in [2.75, 3.05) is 58.4 Å². The Morgan fingerprint density at radius 1 is 0.913 bits per heavy atom. The quantitative estimate of drug-likeness (QED) is 0.271. The van der Waals surface area contributed by atoms with E-state index in [1.165, 1.54) is 12.8 Å². The van der Waals surface area contributed by atoms with Crippen molar-refractivity contribution >= 4 is 10.1 Å². The first kappa shape index (κ1) is 20.8. The molecule has 0 bridgehead atoms. The van der Waals surface area contributed by atoms with Crippen molar-refractivity contribution in [1.29, 1.82) is 0 Å². The van der Waals surface area contributed by atoms with Gasteiger partial charge in [-0.05, 0) is 19.3 Å². The van der Waals surface area contributed by atoms with E-state index in [4.69, 9.17) is 9.47 Å². The van der Waals surface area contributed by atoms with E-state index in [9.17, 15) is 13.0 Å². The SMILES string of the molecule is CCCCOCCOCC[N+]1(CCCCS(=O)(=O)[O-])CCCC1. The van der Waals surface area contributed by atoms with Crippen molar-refractivity contribution in [2.45, 2.75) is 45.4 Å². The number of rotatable bonds is 14. The molecule has 0 N–H and O–H groups in total. The summed E-state index contributed by atoms with van der Waals surface area (Å²) in [4.78, 5) is 0. The number of ether oxygens (including phenoxy) is 2. The second kappa shape index (κ2) is 11.4. The molecule has 0 spiro atoms. The highest BCUT2D eigenvalue weighted by Crippen LogP contribution is 2.20. The first-order valence-corrected chi connectivity index (χ1v) is 10.5. The smallest absolute Gasteiger partial charge is 0.102 e. The summed E-state index contributed by atoms with van der Waals surface area (Å²) >= 11 is 0. The summed E-state index contributed by atoms with van der Waals surface area (Å²) in [7, 11) is -4.07. The molecular weight excluding hydrogens is 318 g/mol. The van der Waals surface area contributed by atoms with Gasteiger partial charge in [0.15, 0.2) is 0 Å². The van der Waals surface area contributed by atoms with E-state index in [1.54, 1.807) is 0 Å². The van der Waals surface area contributed by atoms with E-state index in [-0.39, 0.29) is 5.75 Å². The van der Waals surface area contributed by atoms with Crippen LogP contribution >= 0.6 is 0 Å². The Kier molecular flexibility index (Phi) is 10.3. The summed E-state index contributed by atoms with van der Waals surface area (Å²) in [5.41, 5.74) is 0. The maximum absolute atomic E-state index is 10.7. The summed E-state index contributed by atoms with van der Waals surface area (Å²) in [5, 5.41) is 0. The van der Waals surface area contributed by atoms with E-state index in [1.807, 2.05) is 0 Å². The van der Waals surface area contributed by atoms with Crippen LogP contribution in [0, 0.1) is 0 Å². The van der Waals surface area contributed by atoms with Gasteiger partial charge in [0.1, 0.15) is 6.54 Å². The predicted molar refractivity (Wildman–Crippen MR) is 89.3 cm³/mol. The highest BCUT2D eigenvalue weighted by atomic mass is 32.2. The Morgan fingerprint density at radius 2 is 1.57 bits per heavy atom. The standard InChI is InChI=1S/C16H33NO5S/c1-2-3-12-21-14-15-22-13-11-17(8-4-5-9-17)10-6-7-16-23(18,19)20/h2-16H2,1H3. The van der Waals surface area contributed by atoms with Gasteiger partial charge in [-0.1, -0.05) is 13.3 Å². The lowest BCUT2D eigenvalue weighted by Gasteiger charge is -2.34. The normalized spacial score (nSPS) is 17.7. The fourth-order valence-electron chi connectivity index (χ4n) is 3.12. The number of unbranched alkanes of at least 4 members (excludes halogenated alkanes) is 2. The number of nitrogens with zero attached hydrogens (tertiary/aromatic N) is 1. The largest absolute Gasteiger partial charge is 0.748 e. The summed E-state index contributed by atoms with van der Waals surface area (Å²) in [6.07, 6.45) is 5.95. The van der Waals surface area contributed by atoms with E-state index in [2.05, 4.69) is 6.92 Å². The Labute approximate surface area is 141 Å². The summed E-state index contributed by atoms with van der Waals surface area (Å²) < 4.78 is 44.1. The van der Waals surface area contributed by atoms with Gasteiger partial charge in [0, 0.05) is 25.2 Å². The van der Waals surface area contributed by atoms with Crippen molar-refractivity contribution in [2.24, 2.45) is 0 Å². The van der Waals surface area contributed by atoms with Crippen molar-refractivity contribution in [3.63, 3.8) is 0 Å². The zero-order valence-corrected chi connectivity index (χ0v) is 15.3. The molecule has 0 aliphatic carbocycles. The molecule has 0 saturated carbocycles. The average molecular weight is 352 g/mol. The van der Waals surface area contributed by atoms with E-state index in [0.29, 0.717) is 19.6 Å². The van der Waals surface area contributed by atoms with Gasteiger partial charge in [0.25, 0.3) is 0 Å². The van der Waals surface area contributed by atoms with Crippen LogP contribution in [0.15, 0.2) is 0 Å². The lowest BCUT2D eigenvalue weighted by molar-refractivity contribution is -0.917. The van der Waals surface area contributed by atoms with Gasteiger partial charge in [-0.25, -0.2) is 8.42 Å². The van der Waals surface area contributed by atoms with Crippen LogP contribution < -0.4 is 0 Å². The number of likely N-dealkylation sites (tertiary alicyclic amines) is 1. The number of hydrogen-bond acceptors (Lipinski definition) is 5. The molecule has 6 nitrogen and oxygen atoms in total. The molecule has 0 aromatic carbocycles. The average Bonchev–Trinajstić information content (AvgIpc) is 2.95. The van der Waals surface area contributed by atoms with Crippen LogP contribution in [0.4, 0.5) is 0 Å². The minimum atomic E-state index is -4.07. The van der Waals surface area contributed by atoms with Gasteiger partial charge in [-0.2, -0.15) is 0 Å². The first-order valence-electron chi connectivity index (χ1n) is 8.92. The zero-order valence-electron chi connectivity index (χ0n) is 14.5. The molecule has 1 aliphatic heterocycles. The van der Waals surface area contributed by atoms with Crippen LogP contribution in [0.1, 0.15) is 45.4 Å². The molecule has 23 heavy (non-hydrogen) atoms. The van der Waals surface area contributed by atoms with Gasteiger partial charge in [-0.3, -0.25) is 0 Å². The fraction of sp³-hybridized carbons (Fsp3) is 1.00. The van der Waals surface area contributed by atoms with Crippen LogP contribution in [0.5, 0.6) is 0 Å². The van der Waals surface area contributed by atoms with Gasteiger partial charge in [-0.15, -0.1) is 0 Å². The van der Waals surface area contributed by atoms with E-state index in [0.717, 1.165) is 63.1 Å². The Morgan fingerprint density at radius 3 is 2.17 bits per heavy atom. The Balaban J connectivity index is 2.13. The molecule has 1 fully saturated rings. The molecule has 1 saturated heterocycles. The number of quaternary nitrogens is 1. The van der Waals surface area contributed by atoms with E-state index < -0.39 is 10.1 Å². The van der Waals surface area contributed by atoms with Gasteiger partial charge >= 0.3 is 0 Å². The maximum Gasteiger partial charge on any atom is 0.102 e. The molecule has 0 atom stereocenters. The highest BCUT2D eigenvalue weighted by Gasteiger charge is 2.30. The van der Waals surface area contributed by atoms with E-state index >= 15 is 0 Å². The van der Waals surface area contributed by atoms with Gasteiger partial charge in [0.2, 0.25) is 0 Å². The third-order valence-corrected chi connectivity index (χ3v) is 5.30. The highest BCUT2D eigenvalue weighted by molar-refractivity contribution is 7.85. The molecule has 0 unspecified atom stereocenters. The molecule has 0 aromatic heterocycles. The Bertz CT molecular complexity index is 393. The van der Waals surface area contributed by atoms with Gasteiger partial charge < -0.3 is 18.5 Å². The molecule has 7 heteroatoms. The van der Waals surface area contributed by atoms with Crippen molar-refractivity contribution in [3.05, 3.63) is 0 Å². The monoisotopic (exact) mass is 351 g/mol. The lowest BCUT2D eigenvalue weighted by Crippen LogP contribution is -2.48. The van der Waals surface area contributed by atoms with Crippen LogP contribution in [0.25, 0.3) is 0 Å².